The van der Waals surface area contributed by atoms with Crippen molar-refractivity contribution in [2.45, 2.75) is 39.3 Å². The van der Waals surface area contributed by atoms with Crippen molar-refractivity contribution in [3.8, 4) is 5.75 Å². The molecule has 0 radical (unpaired) electrons. The molecule has 0 aliphatic rings. The third kappa shape index (κ3) is 2.11. The first-order chi connectivity index (χ1) is 7.28. The number of allylic oxidation sites excluding steroid dienone is 1. The maximum absolute atomic E-state index is 14.4. The van der Waals surface area contributed by atoms with Gasteiger partial charge in [0.1, 0.15) is 5.75 Å². The summed E-state index contributed by atoms with van der Waals surface area (Å²) in [5.41, 5.74) is -0.229. The average Bonchev–Trinajstić information content (AvgIpc) is 2.16. The Kier molecular flexibility index (Phi) is 3.41. The highest BCUT2D eigenvalue weighted by molar-refractivity contribution is 5.47. The van der Waals surface area contributed by atoms with Crippen LogP contribution >= 0.6 is 0 Å². The van der Waals surface area contributed by atoms with Gasteiger partial charge in [-0.05, 0) is 30.9 Å². The number of halogens is 1. The number of aromatic hydroxyl groups is 1. The molecule has 88 valence electrons. The van der Waals surface area contributed by atoms with Crippen LogP contribution in [-0.4, -0.2) is 5.11 Å². The van der Waals surface area contributed by atoms with Gasteiger partial charge in [-0.3, -0.25) is 0 Å². The number of para-hydroxylation sites is 1. The molecule has 0 saturated carbocycles. The Labute approximate surface area is 96.6 Å². The molecule has 2 heteroatoms. The lowest BCUT2D eigenvalue weighted by atomic mass is 9.87. The van der Waals surface area contributed by atoms with E-state index in [-0.39, 0.29) is 11.7 Å². The van der Waals surface area contributed by atoms with Crippen molar-refractivity contribution in [1.82, 2.24) is 0 Å². The highest BCUT2D eigenvalue weighted by atomic mass is 19.1. The van der Waals surface area contributed by atoms with Gasteiger partial charge in [-0.15, -0.1) is 0 Å². The normalized spacial score (nSPS) is 14.9. The first-order valence-electron chi connectivity index (χ1n) is 5.45. The third-order valence-corrected chi connectivity index (χ3v) is 3.00. The van der Waals surface area contributed by atoms with Crippen LogP contribution in [0.1, 0.15) is 44.7 Å². The molecule has 1 atom stereocenters. The van der Waals surface area contributed by atoms with Gasteiger partial charge in [0.05, 0.1) is 0 Å². The third-order valence-electron chi connectivity index (χ3n) is 3.00. The fourth-order valence-corrected chi connectivity index (χ4v) is 1.64. The lowest BCUT2D eigenvalue weighted by Crippen LogP contribution is -2.16. The molecule has 0 saturated heterocycles. The van der Waals surface area contributed by atoms with Crippen molar-refractivity contribution in [1.29, 1.82) is 0 Å². The number of benzene rings is 1. The fraction of sp³-hybridized carbons (Fsp3) is 0.429. The van der Waals surface area contributed by atoms with E-state index in [1.165, 1.54) is 6.92 Å². The minimum Gasteiger partial charge on any atom is -0.507 e. The van der Waals surface area contributed by atoms with E-state index >= 15 is 0 Å². The molecule has 1 rings (SSSR count). The van der Waals surface area contributed by atoms with E-state index in [0.717, 1.165) is 5.56 Å². The molecule has 1 aromatic carbocycles. The van der Waals surface area contributed by atoms with E-state index in [1.54, 1.807) is 19.1 Å². The quantitative estimate of drug-likeness (QED) is 0.757. The number of hydrogen-bond acceptors (Lipinski definition) is 1. The molecule has 1 N–H and O–H groups in total. The summed E-state index contributed by atoms with van der Waals surface area (Å²) in [5, 5.41) is 10.1. The van der Waals surface area contributed by atoms with Gasteiger partial charge in [-0.1, -0.05) is 38.6 Å². The Balaban J connectivity index is 3.36. The lowest BCUT2D eigenvalue weighted by Gasteiger charge is -2.24. The van der Waals surface area contributed by atoms with Gasteiger partial charge < -0.3 is 5.11 Å². The standard InChI is InChI=1S/C14H19FO/c1-9(2)11-7-6-8-12(13(11)16)14(5,15)10(3)4/h6-9,16H,3H2,1-2,4-5H3. The largest absolute Gasteiger partial charge is 0.507 e. The number of alkyl halides is 1. The Morgan fingerprint density at radius 2 is 2.00 bits per heavy atom. The SMILES string of the molecule is C=C(C)C(C)(F)c1cccc(C(C)C)c1O. The smallest absolute Gasteiger partial charge is 0.157 e. The highest BCUT2D eigenvalue weighted by Gasteiger charge is 2.30. The lowest BCUT2D eigenvalue weighted by molar-refractivity contribution is 0.237. The molecule has 16 heavy (non-hydrogen) atoms. The molecule has 0 aliphatic heterocycles. The van der Waals surface area contributed by atoms with E-state index in [1.807, 2.05) is 19.9 Å². The zero-order chi connectivity index (χ0) is 12.5. The number of rotatable bonds is 3. The van der Waals surface area contributed by atoms with Crippen molar-refractivity contribution in [3.63, 3.8) is 0 Å². The molecular weight excluding hydrogens is 203 g/mol. The van der Waals surface area contributed by atoms with Crippen molar-refractivity contribution < 1.29 is 9.50 Å². The van der Waals surface area contributed by atoms with Gasteiger partial charge in [0.15, 0.2) is 5.67 Å². The van der Waals surface area contributed by atoms with Gasteiger partial charge >= 0.3 is 0 Å². The molecule has 1 unspecified atom stereocenters. The van der Waals surface area contributed by atoms with Gasteiger partial charge in [0.25, 0.3) is 0 Å². The van der Waals surface area contributed by atoms with E-state index < -0.39 is 5.67 Å². The van der Waals surface area contributed by atoms with Crippen LogP contribution < -0.4 is 0 Å². The average molecular weight is 222 g/mol. The summed E-state index contributed by atoms with van der Waals surface area (Å²) in [6, 6.07) is 5.19. The second-order valence-corrected chi connectivity index (χ2v) is 4.68. The first-order valence-corrected chi connectivity index (χ1v) is 5.45. The topological polar surface area (TPSA) is 20.2 Å². The maximum Gasteiger partial charge on any atom is 0.157 e. The summed E-state index contributed by atoms with van der Waals surface area (Å²) < 4.78 is 14.4. The molecule has 0 spiro atoms. The molecule has 0 heterocycles. The predicted molar refractivity (Wildman–Crippen MR) is 65.5 cm³/mol. The molecule has 1 aromatic rings. The van der Waals surface area contributed by atoms with Crippen LogP contribution in [0.15, 0.2) is 30.4 Å². The number of hydrogen-bond donors (Lipinski definition) is 1. The van der Waals surface area contributed by atoms with E-state index in [4.69, 9.17) is 0 Å². The van der Waals surface area contributed by atoms with Crippen molar-refractivity contribution in [2.24, 2.45) is 0 Å². The second kappa shape index (κ2) is 4.28. The summed E-state index contributed by atoms with van der Waals surface area (Å²) in [7, 11) is 0. The molecule has 0 amide bonds. The van der Waals surface area contributed by atoms with Crippen molar-refractivity contribution >= 4 is 0 Å². The van der Waals surface area contributed by atoms with Crippen LogP contribution in [0.4, 0.5) is 4.39 Å². The Bertz CT molecular complexity index is 405. The van der Waals surface area contributed by atoms with E-state index in [9.17, 15) is 9.50 Å². The summed E-state index contributed by atoms with van der Waals surface area (Å²) in [5.74, 6) is 0.214. The van der Waals surface area contributed by atoms with Crippen LogP contribution in [0.25, 0.3) is 0 Å². The van der Waals surface area contributed by atoms with Crippen LogP contribution in [0.2, 0.25) is 0 Å². The van der Waals surface area contributed by atoms with Gasteiger partial charge in [0.2, 0.25) is 0 Å². The van der Waals surface area contributed by atoms with E-state index in [0.29, 0.717) is 11.1 Å². The maximum atomic E-state index is 14.4. The van der Waals surface area contributed by atoms with Gasteiger partial charge in [0, 0.05) is 5.56 Å². The van der Waals surface area contributed by atoms with Crippen LogP contribution in [0.3, 0.4) is 0 Å². The zero-order valence-electron chi connectivity index (χ0n) is 10.3. The van der Waals surface area contributed by atoms with Crippen LogP contribution in [0, 0.1) is 0 Å². The second-order valence-electron chi connectivity index (χ2n) is 4.68. The van der Waals surface area contributed by atoms with Crippen molar-refractivity contribution in [3.05, 3.63) is 41.5 Å². The molecule has 1 nitrogen and oxygen atoms in total. The highest BCUT2D eigenvalue weighted by Crippen LogP contribution is 2.40. The molecule has 0 fully saturated rings. The fourth-order valence-electron chi connectivity index (χ4n) is 1.64. The zero-order valence-corrected chi connectivity index (χ0v) is 10.3. The van der Waals surface area contributed by atoms with E-state index in [2.05, 4.69) is 6.58 Å². The van der Waals surface area contributed by atoms with Crippen LogP contribution in [-0.2, 0) is 5.67 Å². The monoisotopic (exact) mass is 222 g/mol. The first kappa shape index (κ1) is 12.8. The summed E-state index contributed by atoms with van der Waals surface area (Å²) in [6.45, 7) is 10.6. The predicted octanol–water partition coefficient (Wildman–Crippen LogP) is 4.28. The minimum absolute atomic E-state index is 0.0468. The molecule has 0 aliphatic carbocycles. The summed E-state index contributed by atoms with van der Waals surface area (Å²) in [6.07, 6.45) is 0. The molecule has 0 bridgehead atoms. The summed E-state index contributed by atoms with van der Waals surface area (Å²) >= 11 is 0. The number of phenols is 1. The van der Waals surface area contributed by atoms with Crippen molar-refractivity contribution in [2.75, 3.05) is 0 Å². The molecule has 0 aromatic heterocycles. The van der Waals surface area contributed by atoms with Gasteiger partial charge in [-0.2, -0.15) is 0 Å². The number of phenolic OH excluding ortho intramolecular Hbond substituents is 1. The Morgan fingerprint density at radius 1 is 1.44 bits per heavy atom. The Morgan fingerprint density at radius 3 is 2.44 bits per heavy atom. The van der Waals surface area contributed by atoms with Crippen LogP contribution in [0.5, 0.6) is 5.75 Å². The Hall–Kier alpha value is -1.31. The summed E-state index contributed by atoms with van der Waals surface area (Å²) in [4.78, 5) is 0. The van der Waals surface area contributed by atoms with Gasteiger partial charge in [-0.25, -0.2) is 4.39 Å². The molecular formula is C14H19FO. The minimum atomic E-state index is -1.69.